The van der Waals surface area contributed by atoms with Crippen LogP contribution in [0.5, 0.6) is 5.75 Å². The van der Waals surface area contributed by atoms with E-state index in [1.165, 1.54) is 7.11 Å². The summed E-state index contributed by atoms with van der Waals surface area (Å²) in [6, 6.07) is 7.15. The molecule has 1 amide bonds. The molecule has 0 radical (unpaired) electrons. The van der Waals surface area contributed by atoms with E-state index >= 15 is 0 Å². The predicted molar refractivity (Wildman–Crippen MR) is 81.9 cm³/mol. The van der Waals surface area contributed by atoms with E-state index < -0.39 is 0 Å². The number of rotatable bonds is 5. The molecular weight excluding hydrogens is 266 g/mol. The minimum absolute atomic E-state index is 0.0388. The van der Waals surface area contributed by atoms with Gasteiger partial charge in [-0.1, -0.05) is 6.07 Å². The molecule has 1 rings (SSSR count). The van der Waals surface area contributed by atoms with Gasteiger partial charge in [0.2, 0.25) is 5.91 Å². The van der Waals surface area contributed by atoms with E-state index in [1.807, 2.05) is 33.8 Å². The first kappa shape index (κ1) is 17.0. The summed E-state index contributed by atoms with van der Waals surface area (Å²) in [5.41, 5.74) is 1.21. The molecule has 1 atom stereocenters. The number of benzene rings is 1. The molecule has 1 unspecified atom stereocenters. The first-order valence-electron chi connectivity index (χ1n) is 6.89. The van der Waals surface area contributed by atoms with Crippen molar-refractivity contribution in [1.82, 2.24) is 10.6 Å². The van der Waals surface area contributed by atoms with Crippen molar-refractivity contribution in [2.45, 2.75) is 45.8 Å². The molecule has 0 aliphatic heterocycles. The molecule has 5 nitrogen and oxygen atoms in total. The highest BCUT2D eigenvalue weighted by atomic mass is 16.5. The molecule has 5 heteroatoms. The van der Waals surface area contributed by atoms with Gasteiger partial charge in [-0.25, -0.2) is 0 Å². The normalized spacial score (nSPS) is 12.4. The average Bonchev–Trinajstić information content (AvgIpc) is 2.42. The molecule has 0 aromatic heterocycles. The second-order valence-electron chi connectivity index (χ2n) is 5.99. The number of carbonyl (C=O) groups is 1. The van der Waals surface area contributed by atoms with Crippen LogP contribution < -0.4 is 15.4 Å². The van der Waals surface area contributed by atoms with Crippen molar-refractivity contribution in [2.75, 3.05) is 7.11 Å². The van der Waals surface area contributed by atoms with Gasteiger partial charge in [-0.3, -0.25) is 4.79 Å². The minimum atomic E-state index is -0.300. The second-order valence-corrected chi connectivity index (χ2v) is 5.99. The fourth-order valence-corrected chi connectivity index (χ4v) is 1.78. The van der Waals surface area contributed by atoms with Crippen LogP contribution in [0.2, 0.25) is 0 Å². The third-order valence-corrected chi connectivity index (χ3v) is 2.89. The van der Waals surface area contributed by atoms with Crippen molar-refractivity contribution >= 4 is 5.91 Å². The zero-order valence-corrected chi connectivity index (χ0v) is 13.3. The Kier molecular flexibility index (Phi) is 5.74. The standard InChI is InChI=1S/C16H23N3O2/c1-11(15(20)19-16(2,3)4)18-10-12-6-7-13(9-17)14(8-12)21-5/h6-8,11,18H,10H2,1-5H3,(H,19,20). The monoisotopic (exact) mass is 289 g/mol. The molecule has 0 aliphatic rings. The number of amides is 1. The maximum absolute atomic E-state index is 12.0. The third-order valence-electron chi connectivity index (χ3n) is 2.89. The van der Waals surface area contributed by atoms with Crippen LogP contribution in [0.15, 0.2) is 18.2 Å². The lowest BCUT2D eigenvalue weighted by molar-refractivity contribution is -0.124. The molecule has 2 N–H and O–H groups in total. The van der Waals surface area contributed by atoms with E-state index in [0.717, 1.165) is 5.56 Å². The van der Waals surface area contributed by atoms with Crippen LogP contribution in [0.25, 0.3) is 0 Å². The number of ether oxygens (including phenoxy) is 1. The highest BCUT2D eigenvalue weighted by Gasteiger charge is 2.18. The van der Waals surface area contributed by atoms with Crippen molar-refractivity contribution in [1.29, 1.82) is 5.26 Å². The Hall–Kier alpha value is -2.06. The Labute approximate surface area is 126 Å². The second kappa shape index (κ2) is 7.09. The minimum Gasteiger partial charge on any atom is -0.495 e. The van der Waals surface area contributed by atoms with Gasteiger partial charge in [-0.2, -0.15) is 5.26 Å². The van der Waals surface area contributed by atoms with Gasteiger partial charge in [-0.15, -0.1) is 0 Å². The smallest absolute Gasteiger partial charge is 0.237 e. The van der Waals surface area contributed by atoms with E-state index in [0.29, 0.717) is 17.9 Å². The van der Waals surface area contributed by atoms with E-state index in [2.05, 4.69) is 16.7 Å². The highest BCUT2D eigenvalue weighted by molar-refractivity contribution is 5.81. The summed E-state index contributed by atoms with van der Waals surface area (Å²) in [7, 11) is 1.53. The van der Waals surface area contributed by atoms with Gasteiger partial charge in [0.25, 0.3) is 0 Å². The molecule has 0 heterocycles. The van der Waals surface area contributed by atoms with Crippen molar-refractivity contribution in [2.24, 2.45) is 0 Å². The molecule has 1 aromatic carbocycles. The lowest BCUT2D eigenvalue weighted by Gasteiger charge is -2.23. The van der Waals surface area contributed by atoms with Gasteiger partial charge in [0.1, 0.15) is 11.8 Å². The van der Waals surface area contributed by atoms with E-state index in [9.17, 15) is 4.79 Å². The van der Waals surface area contributed by atoms with Gasteiger partial charge in [0, 0.05) is 12.1 Å². The number of carbonyl (C=O) groups excluding carboxylic acids is 1. The number of hydrogen-bond acceptors (Lipinski definition) is 4. The first-order chi connectivity index (χ1) is 9.76. The summed E-state index contributed by atoms with van der Waals surface area (Å²) in [5.74, 6) is 0.506. The lowest BCUT2D eigenvalue weighted by atomic mass is 10.1. The van der Waals surface area contributed by atoms with E-state index in [1.54, 1.807) is 12.1 Å². The van der Waals surface area contributed by atoms with Gasteiger partial charge in [0.05, 0.1) is 18.7 Å². The fraction of sp³-hybridized carbons (Fsp3) is 0.500. The Morgan fingerprint density at radius 2 is 2.10 bits per heavy atom. The molecule has 21 heavy (non-hydrogen) atoms. The van der Waals surface area contributed by atoms with Gasteiger partial charge < -0.3 is 15.4 Å². The van der Waals surface area contributed by atoms with Gasteiger partial charge in [-0.05, 0) is 45.4 Å². The van der Waals surface area contributed by atoms with Crippen molar-refractivity contribution in [3.63, 3.8) is 0 Å². The Bertz CT molecular complexity index is 541. The maximum atomic E-state index is 12.0. The molecule has 114 valence electrons. The molecule has 0 saturated carbocycles. The molecule has 0 bridgehead atoms. The first-order valence-corrected chi connectivity index (χ1v) is 6.89. The van der Waals surface area contributed by atoms with Crippen LogP contribution in [-0.2, 0) is 11.3 Å². The summed E-state index contributed by atoms with van der Waals surface area (Å²) >= 11 is 0. The van der Waals surface area contributed by atoms with Crippen molar-refractivity contribution in [3.05, 3.63) is 29.3 Å². The Balaban J connectivity index is 2.63. The topological polar surface area (TPSA) is 74.2 Å². The Morgan fingerprint density at radius 1 is 1.43 bits per heavy atom. The average molecular weight is 289 g/mol. The van der Waals surface area contributed by atoms with Gasteiger partial charge in [0.15, 0.2) is 0 Å². The number of nitrogens with zero attached hydrogens (tertiary/aromatic N) is 1. The summed E-state index contributed by atoms with van der Waals surface area (Å²) < 4.78 is 5.17. The van der Waals surface area contributed by atoms with Crippen LogP contribution in [0.1, 0.15) is 38.8 Å². The van der Waals surface area contributed by atoms with Crippen LogP contribution >= 0.6 is 0 Å². The lowest BCUT2D eigenvalue weighted by Crippen LogP contribution is -2.49. The Morgan fingerprint density at radius 3 is 2.62 bits per heavy atom. The zero-order valence-electron chi connectivity index (χ0n) is 13.3. The fourth-order valence-electron chi connectivity index (χ4n) is 1.78. The van der Waals surface area contributed by atoms with Gasteiger partial charge >= 0.3 is 0 Å². The van der Waals surface area contributed by atoms with Crippen molar-refractivity contribution in [3.8, 4) is 11.8 Å². The molecule has 0 saturated heterocycles. The molecule has 0 aliphatic carbocycles. The van der Waals surface area contributed by atoms with E-state index in [-0.39, 0.29) is 17.5 Å². The third kappa shape index (κ3) is 5.44. The summed E-state index contributed by atoms with van der Waals surface area (Å²) in [6.45, 7) is 8.19. The number of nitriles is 1. The quantitative estimate of drug-likeness (QED) is 0.869. The number of methoxy groups -OCH3 is 1. The number of hydrogen-bond donors (Lipinski definition) is 2. The summed E-state index contributed by atoms with van der Waals surface area (Å²) in [5, 5.41) is 15.0. The van der Waals surface area contributed by atoms with Crippen LogP contribution in [-0.4, -0.2) is 24.6 Å². The molecular formula is C16H23N3O2. The predicted octanol–water partition coefficient (Wildman–Crippen LogP) is 1.96. The highest BCUT2D eigenvalue weighted by Crippen LogP contribution is 2.19. The summed E-state index contributed by atoms with van der Waals surface area (Å²) in [4.78, 5) is 12.0. The van der Waals surface area contributed by atoms with E-state index in [4.69, 9.17) is 10.00 Å². The summed E-state index contributed by atoms with van der Waals surface area (Å²) in [6.07, 6.45) is 0. The zero-order chi connectivity index (χ0) is 16.0. The maximum Gasteiger partial charge on any atom is 0.237 e. The number of nitrogens with one attached hydrogen (secondary N) is 2. The SMILES string of the molecule is COc1cc(CNC(C)C(=O)NC(C)(C)C)ccc1C#N. The van der Waals surface area contributed by atoms with Crippen LogP contribution in [0.4, 0.5) is 0 Å². The van der Waals surface area contributed by atoms with Crippen molar-refractivity contribution < 1.29 is 9.53 Å². The molecule has 1 aromatic rings. The van der Waals surface area contributed by atoms with Crippen LogP contribution in [0, 0.1) is 11.3 Å². The van der Waals surface area contributed by atoms with Crippen LogP contribution in [0.3, 0.4) is 0 Å². The largest absolute Gasteiger partial charge is 0.495 e. The molecule has 0 fully saturated rings. The molecule has 0 spiro atoms.